The number of esters is 1. The maximum absolute atomic E-state index is 12.0. The van der Waals surface area contributed by atoms with Crippen molar-refractivity contribution in [2.75, 3.05) is 12.4 Å². The number of aryl methyl sites for hydroxylation is 2. The molecule has 0 saturated carbocycles. The highest BCUT2D eigenvalue weighted by Crippen LogP contribution is 2.14. The van der Waals surface area contributed by atoms with Crippen LogP contribution in [0.25, 0.3) is 0 Å². The summed E-state index contributed by atoms with van der Waals surface area (Å²) in [5.74, 6) is -0.157. The van der Waals surface area contributed by atoms with Crippen LogP contribution in [-0.4, -0.2) is 25.2 Å². The van der Waals surface area contributed by atoms with Gasteiger partial charge in [-0.1, -0.05) is 19.9 Å². The summed E-state index contributed by atoms with van der Waals surface area (Å²) in [7, 11) is 1.32. The highest BCUT2D eigenvalue weighted by atomic mass is 16.5. The molecule has 2 N–H and O–H groups in total. The average Bonchev–Trinajstić information content (AvgIpc) is 2.40. The third kappa shape index (κ3) is 5.45. The van der Waals surface area contributed by atoms with Gasteiger partial charge in [-0.05, 0) is 49.4 Å². The Bertz CT molecular complexity index is 512. The molecule has 0 spiro atoms. The van der Waals surface area contributed by atoms with Crippen molar-refractivity contribution in [1.82, 2.24) is 5.32 Å². The molecule has 0 aliphatic carbocycles. The quantitative estimate of drug-likeness (QED) is 0.820. The Morgan fingerprint density at radius 3 is 2.38 bits per heavy atom. The molecule has 0 unspecified atom stereocenters. The first-order valence-corrected chi connectivity index (χ1v) is 7.06. The summed E-state index contributed by atoms with van der Waals surface area (Å²) >= 11 is 0. The van der Waals surface area contributed by atoms with Crippen LogP contribution in [0, 0.1) is 19.8 Å². The van der Waals surface area contributed by atoms with E-state index in [9.17, 15) is 9.59 Å². The third-order valence-electron chi connectivity index (χ3n) is 3.26. The van der Waals surface area contributed by atoms with Gasteiger partial charge in [0.2, 0.25) is 0 Å². The van der Waals surface area contributed by atoms with E-state index in [1.807, 2.05) is 45.9 Å². The van der Waals surface area contributed by atoms with E-state index in [1.54, 1.807) is 0 Å². The lowest BCUT2D eigenvalue weighted by Crippen LogP contribution is -2.44. The van der Waals surface area contributed by atoms with Crippen LogP contribution in [0.5, 0.6) is 0 Å². The number of ether oxygens (including phenoxy) is 1. The van der Waals surface area contributed by atoms with Gasteiger partial charge in [0.1, 0.15) is 6.04 Å². The van der Waals surface area contributed by atoms with E-state index >= 15 is 0 Å². The Morgan fingerprint density at radius 2 is 1.86 bits per heavy atom. The number of urea groups is 1. The van der Waals surface area contributed by atoms with E-state index in [4.69, 9.17) is 4.74 Å². The van der Waals surface area contributed by atoms with Gasteiger partial charge in [-0.2, -0.15) is 0 Å². The van der Waals surface area contributed by atoms with Gasteiger partial charge in [0.05, 0.1) is 7.11 Å². The summed E-state index contributed by atoms with van der Waals surface area (Å²) in [5, 5.41) is 5.39. The van der Waals surface area contributed by atoms with Gasteiger partial charge in [-0.3, -0.25) is 0 Å². The van der Waals surface area contributed by atoms with Gasteiger partial charge in [0, 0.05) is 5.69 Å². The van der Waals surface area contributed by atoms with Gasteiger partial charge in [-0.15, -0.1) is 0 Å². The molecule has 5 heteroatoms. The van der Waals surface area contributed by atoms with E-state index < -0.39 is 18.0 Å². The predicted molar refractivity (Wildman–Crippen MR) is 83.3 cm³/mol. The molecule has 1 aromatic carbocycles. The fourth-order valence-electron chi connectivity index (χ4n) is 1.97. The number of hydrogen-bond donors (Lipinski definition) is 2. The average molecular weight is 292 g/mol. The molecular formula is C16H24N2O3. The van der Waals surface area contributed by atoms with Crippen molar-refractivity contribution in [1.29, 1.82) is 0 Å². The normalized spacial score (nSPS) is 11.9. The first-order valence-electron chi connectivity index (χ1n) is 7.06. The Hall–Kier alpha value is -2.04. The topological polar surface area (TPSA) is 67.4 Å². The molecule has 0 aliphatic rings. The number of methoxy groups -OCH3 is 1. The molecule has 2 amide bonds. The number of carbonyl (C=O) groups excluding carboxylic acids is 2. The van der Waals surface area contributed by atoms with Crippen molar-refractivity contribution >= 4 is 17.7 Å². The molecule has 1 aromatic rings. The number of rotatable bonds is 5. The van der Waals surface area contributed by atoms with E-state index in [0.29, 0.717) is 12.1 Å². The van der Waals surface area contributed by atoms with Crippen LogP contribution in [-0.2, 0) is 9.53 Å². The predicted octanol–water partition coefficient (Wildman–Crippen LogP) is 3.01. The Kier molecular flexibility index (Phi) is 6.21. The highest BCUT2D eigenvalue weighted by molar-refractivity contribution is 5.92. The summed E-state index contributed by atoms with van der Waals surface area (Å²) in [6, 6.07) is 4.62. The molecule has 1 rings (SSSR count). The lowest BCUT2D eigenvalue weighted by molar-refractivity contribution is -0.143. The summed E-state index contributed by atoms with van der Waals surface area (Å²) in [6.07, 6.45) is 0.535. The van der Waals surface area contributed by atoms with Crippen molar-refractivity contribution in [2.24, 2.45) is 5.92 Å². The van der Waals surface area contributed by atoms with Gasteiger partial charge in [0.15, 0.2) is 0 Å². The van der Waals surface area contributed by atoms with Crippen LogP contribution in [0.15, 0.2) is 18.2 Å². The van der Waals surface area contributed by atoms with Gasteiger partial charge < -0.3 is 15.4 Å². The zero-order valence-corrected chi connectivity index (χ0v) is 13.3. The first-order chi connectivity index (χ1) is 9.83. The van der Waals surface area contributed by atoms with Gasteiger partial charge in [0.25, 0.3) is 0 Å². The summed E-state index contributed by atoms with van der Waals surface area (Å²) in [6.45, 7) is 7.96. The van der Waals surface area contributed by atoms with Crippen molar-refractivity contribution in [3.05, 3.63) is 29.3 Å². The van der Waals surface area contributed by atoms with Crippen LogP contribution >= 0.6 is 0 Å². The van der Waals surface area contributed by atoms with E-state index in [2.05, 4.69) is 10.6 Å². The van der Waals surface area contributed by atoms with Gasteiger partial charge >= 0.3 is 12.0 Å². The minimum absolute atomic E-state index is 0.274. The molecule has 21 heavy (non-hydrogen) atoms. The van der Waals surface area contributed by atoms with Crippen LogP contribution < -0.4 is 10.6 Å². The monoisotopic (exact) mass is 292 g/mol. The number of hydrogen-bond acceptors (Lipinski definition) is 3. The molecule has 0 aliphatic heterocycles. The zero-order valence-electron chi connectivity index (χ0n) is 13.3. The van der Waals surface area contributed by atoms with Crippen LogP contribution in [0.4, 0.5) is 10.5 Å². The number of benzene rings is 1. The van der Waals surface area contributed by atoms with E-state index in [1.165, 1.54) is 7.11 Å². The van der Waals surface area contributed by atoms with Crippen molar-refractivity contribution in [2.45, 2.75) is 40.2 Å². The number of nitrogens with one attached hydrogen (secondary N) is 2. The third-order valence-corrected chi connectivity index (χ3v) is 3.26. The highest BCUT2D eigenvalue weighted by Gasteiger charge is 2.22. The van der Waals surface area contributed by atoms with E-state index in [0.717, 1.165) is 11.1 Å². The zero-order chi connectivity index (χ0) is 16.0. The minimum atomic E-state index is -0.637. The van der Waals surface area contributed by atoms with Crippen molar-refractivity contribution in [3.63, 3.8) is 0 Å². The second-order valence-corrected chi connectivity index (χ2v) is 5.60. The molecule has 0 aromatic heterocycles. The Balaban J connectivity index is 2.68. The fourth-order valence-corrected chi connectivity index (χ4v) is 1.97. The Morgan fingerprint density at radius 1 is 1.19 bits per heavy atom. The molecule has 5 nitrogen and oxygen atoms in total. The smallest absolute Gasteiger partial charge is 0.328 e. The molecule has 0 heterocycles. The Labute approximate surface area is 126 Å². The second-order valence-electron chi connectivity index (χ2n) is 5.60. The summed E-state index contributed by atoms with van der Waals surface area (Å²) in [4.78, 5) is 23.7. The summed E-state index contributed by atoms with van der Waals surface area (Å²) in [5.41, 5.74) is 2.96. The SMILES string of the molecule is COC(=O)[C@@H](CC(C)C)NC(=O)Nc1ccc(C)c(C)c1. The standard InChI is InChI=1S/C16H24N2O3/c1-10(2)8-14(15(19)21-5)18-16(20)17-13-7-6-11(3)12(4)9-13/h6-7,9-10,14H,8H2,1-5H3,(H2,17,18,20)/t14-/m1/s1. The second kappa shape index (κ2) is 7.67. The number of amides is 2. The summed E-state index contributed by atoms with van der Waals surface area (Å²) < 4.78 is 4.72. The molecular weight excluding hydrogens is 268 g/mol. The molecule has 116 valence electrons. The molecule has 0 bridgehead atoms. The van der Waals surface area contributed by atoms with Crippen LogP contribution in [0.3, 0.4) is 0 Å². The molecule has 0 saturated heterocycles. The van der Waals surface area contributed by atoms with Crippen LogP contribution in [0.1, 0.15) is 31.4 Å². The lowest BCUT2D eigenvalue weighted by Gasteiger charge is -2.18. The maximum Gasteiger partial charge on any atom is 0.328 e. The maximum atomic E-state index is 12.0. The van der Waals surface area contributed by atoms with Crippen molar-refractivity contribution < 1.29 is 14.3 Å². The minimum Gasteiger partial charge on any atom is -0.467 e. The van der Waals surface area contributed by atoms with Crippen molar-refractivity contribution in [3.8, 4) is 0 Å². The number of carbonyl (C=O) groups is 2. The molecule has 1 atom stereocenters. The number of anilines is 1. The largest absolute Gasteiger partial charge is 0.467 e. The fraction of sp³-hybridized carbons (Fsp3) is 0.500. The van der Waals surface area contributed by atoms with E-state index in [-0.39, 0.29) is 5.92 Å². The van der Waals surface area contributed by atoms with Gasteiger partial charge in [-0.25, -0.2) is 9.59 Å². The lowest BCUT2D eigenvalue weighted by atomic mass is 10.0. The first kappa shape index (κ1) is 17.0. The molecule has 0 radical (unpaired) electrons. The molecule has 0 fully saturated rings. The van der Waals surface area contributed by atoms with Crippen LogP contribution in [0.2, 0.25) is 0 Å².